The van der Waals surface area contributed by atoms with Crippen molar-refractivity contribution in [2.24, 2.45) is 10.5 Å². The number of esters is 1. The van der Waals surface area contributed by atoms with E-state index in [9.17, 15) is 13.6 Å². The Bertz CT molecular complexity index is 539. The van der Waals surface area contributed by atoms with E-state index < -0.39 is 29.1 Å². The van der Waals surface area contributed by atoms with Crippen molar-refractivity contribution in [2.45, 2.75) is 26.8 Å². The predicted octanol–water partition coefficient (Wildman–Crippen LogP) is 2.82. The lowest BCUT2D eigenvalue weighted by molar-refractivity contribution is -0.150. The molecule has 0 saturated heterocycles. The van der Waals surface area contributed by atoms with E-state index >= 15 is 0 Å². The predicted molar refractivity (Wildman–Crippen MR) is 77.0 cm³/mol. The zero-order valence-corrected chi connectivity index (χ0v) is 12.9. The van der Waals surface area contributed by atoms with Gasteiger partial charge in [0, 0.05) is 12.6 Å². The number of hydrogen-bond acceptors (Lipinski definition) is 4. The van der Waals surface area contributed by atoms with Crippen molar-refractivity contribution in [1.82, 2.24) is 5.01 Å². The maximum Gasteiger partial charge on any atom is 0.330 e. The highest BCUT2D eigenvalue weighted by Crippen LogP contribution is 2.25. The molecule has 0 aliphatic rings. The van der Waals surface area contributed by atoms with Gasteiger partial charge in [-0.1, -0.05) is 32.9 Å². The SMILES string of the molecule is COC(=O)[C@@H](N(C)N=Cc1cccc(F)c1F)C(C)(C)C. The summed E-state index contributed by atoms with van der Waals surface area (Å²) in [5, 5.41) is 5.42. The van der Waals surface area contributed by atoms with E-state index in [2.05, 4.69) is 5.10 Å². The Morgan fingerprint density at radius 2 is 2.00 bits per heavy atom. The van der Waals surface area contributed by atoms with E-state index in [4.69, 9.17) is 4.74 Å². The monoisotopic (exact) mass is 298 g/mol. The molecule has 0 aromatic heterocycles. The van der Waals surface area contributed by atoms with Gasteiger partial charge in [-0.3, -0.25) is 5.01 Å². The van der Waals surface area contributed by atoms with Crippen LogP contribution in [-0.4, -0.2) is 37.4 Å². The highest BCUT2D eigenvalue weighted by atomic mass is 19.2. The fourth-order valence-corrected chi connectivity index (χ4v) is 2.02. The van der Waals surface area contributed by atoms with Gasteiger partial charge in [-0.15, -0.1) is 0 Å². The number of hydrazone groups is 1. The highest BCUT2D eigenvalue weighted by molar-refractivity contribution is 5.80. The van der Waals surface area contributed by atoms with E-state index in [0.717, 1.165) is 6.07 Å². The molecule has 0 bridgehead atoms. The molecular formula is C15H20F2N2O2. The molecule has 4 nitrogen and oxygen atoms in total. The summed E-state index contributed by atoms with van der Waals surface area (Å²) in [5.74, 6) is -2.36. The molecule has 0 radical (unpaired) electrons. The van der Waals surface area contributed by atoms with Gasteiger partial charge in [-0.25, -0.2) is 13.6 Å². The van der Waals surface area contributed by atoms with Gasteiger partial charge in [0.15, 0.2) is 11.6 Å². The molecule has 1 aromatic carbocycles. The van der Waals surface area contributed by atoms with E-state index in [0.29, 0.717) is 0 Å². The Morgan fingerprint density at radius 1 is 1.38 bits per heavy atom. The minimum atomic E-state index is -0.972. The molecule has 1 atom stereocenters. The summed E-state index contributed by atoms with van der Waals surface area (Å²) in [5.41, 5.74) is -0.418. The third-order valence-corrected chi connectivity index (χ3v) is 2.98. The largest absolute Gasteiger partial charge is 0.467 e. The standard InChI is InChI=1S/C15H20F2N2O2/c1-15(2,3)13(14(20)21-5)19(4)18-9-10-7-6-8-11(16)12(10)17/h6-9,13H,1-5H3/t13-/m1/s1. The molecule has 6 heteroatoms. The number of likely N-dealkylation sites (N-methyl/N-ethyl adjacent to an activating group) is 1. The maximum atomic E-state index is 13.5. The maximum absolute atomic E-state index is 13.5. The molecule has 0 unspecified atom stereocenters. The van der Waals surface area contributed by atoms with Crippen LogP contribution in [0.4, 0.5) is 8.78 Å². The molecule has 1 aromatic rings. The third kappa shape index (κ3) is 4.24. The van der Waals surface area contributed by atoms with Crippen molar-refractivity contribution in [2.75, 3.05) is 14.2 Å². The lowest BCUT2D eigenvalue weighted by atomic mass is 9.86. The first-order chi connectivity index (χ1) is 9.68. The zero-order valence-electron chi connectivity index (χ0n) is 12.9. The van der Waals surface area contributed by atoms with Crippen LogP contribution < -0.4 is 0 Å². The molecule has 0 N–H and O–H groups in total. The van der Waals surface area contributed by atoms with Crippen molar-refractivity contribution in [1.29, 1.82) is 0 Å². The van der Waals surface area contributed by atoms with Crippen LogP contribution in [0.1, 0.15) is 26.3 Å². The van der Waals surface area contributed by atoms with Gasteiger partial charge in [0.05, 0.1) is 13.3 Å². The van der Waals surface area contributed by atoms with Crippen LogP contribution in [0.2, 0.25) is 0 Å². The molecule has 1 rings (SSSR count). The summed E-state index contributed by atoms with van der Waals surface area (Å²) in [4.78, 5) is 11.9. The molecule has 0 heterocycles. The zero-order chi connectivity index (χ0) is 16.2. The van der Waals surface area contributed by atoms with Crippen LogP contribution in [0.3, 0.4) is 0 Å². The van der Waals surface area contributed by atoms with Crippen LogP contribution in [0.15, 0.2) is 23.3 Å². The lowest BCUT2D eigenvalue weighted by Crippen LogP contribution is -2.45. The van der Waals surface area contributed by atoms with Gasteiger partial charge in [0.25, 0.3) is 0 Å². The van der Waals surface area contributed by atoms with E-state index in [1.54, 1.807) is 7.05 Å². The number of carbonyl (C=O) groups is 1. The number of hydrogen-bond donors (Lipinski definition) is 0. The Morgan fingerprint density at radius 3 is 2.52 bits per heavy atom. The van der Waals surface area contributed by atoms with Crippen LogP contribution in [0, 0.1) is 17.0 Å². The molecule has 0 spiro atoms. The van der Waals surface area contributed by atoms with E-state index in [1.807, 2.05) is 20.8 Å². The fourth-order valence-electron chi connectivity index (χ4n) is 2.02. The number of rotatable bonds is 4. The average Bonchev–Trinajstić information content (AvgIpc) is 2.38. The average molecular weight is 298 g/mol. The highest BCUT2D eigenvalue weighted by Gasteiger charge is 2.35. The van der Waals surface area contributed by atoms with Gasteiger partial charge in [0.1, 0.15) is 6.04 Å². The molecule has 21 heavy (non-hydrogen) atoms. The summed E-state index contributed by atoms with van der Waals surface area (Å²) in [6, 6.07) is 3.18. The number of carbonyl (C=O) groups excluding carboxylic acids is 1. The van der Waals surface area contributed by atoms with Gasteiger partial charge in [-0.2, -0.15) is 5.10 Å². The van der Waals surface area contributed by atoms with Gasteiger partial charge in [0.2, 0.25) is 0 Å². The molecule has 116 valence electrons. The summed E-state index contributed by atoms with van der Waals surface area (Å²) < 4.78 is 31.4. The van der Waals surface area contributed by atoms with E-state index in [-0.39, 0.29) is 5.56 Å². The number of methoxy groups -OCH3 is 1. The van der Waals surface area contributed by atoms with Crippen molar-refractivity contribution >= 4 is 12.2 Å². The molecule has 0 aliphatic carbocycles. The van der Waals surface area contributed by atoms with Crippen LogP contribution >= 0.6 is 0 Å². The second-order valence-electron chi connectivity index (χ2n) is 5.75. The molecular weight excluding hydrogens is 278 g/mol. The molecule has 0 fully saturated rings. The molecule has 0 aliphatic heterocycles. The fraction of sp³-hybridized carbons (Fsp3) is 0.467. The van der Waals surface area contributed by atoms with Crippen LogP contribution in [0.25, 0.3) is 0 Å². The first-order valence-electron chi connectivity index (χ1n) is 6.47. The smallest absolute Gasteiger partial charge is 0.330 e. The lowest BCUT2D eigenvalue weighted by Gasteiger charge is -2.33. The summed E-state index contributed by atoms with van der Waals surface area (Å²) >= 11 is 0. The minimum absolute atomic E-state index is 0.0133. The van der Waals surface area contributed by atoms with Gasteiger partial charge in [-0.05, 0) is 11.5 Å². The van der Waals surface area contributed by atoms with Crippen molar-refractivity contribution in [3.63, 3.8) is 0 Å². The van der Waals surface area contributed by atoms with Gasteiger partial charge < -0.3 is 4.74 Å². The summed E-state index contributed by atoms with van der Waals surface area (Å²) in [7, 11) is 2.88. The van der Waals surface area contributed by atoms with Crippen molar-refractivity contribution in [3.05, 3.63) is 35.4 Å². The van der Waals surface area contributed by atoms with Crippen LogP contribution in [0.5, 0.6) is 0 Å². The number of halogens is 2. The van der Waals surface area contributed by atoms with Gasteiger partial charge >= 0.3 is 5.97 Å². The van der Waals surface area contributed by atoms with Crippen LogP contribution in [-0.2, 0) is 9.53 Å². The number of ether oxygens (including phenoxy) is 1. The Labute approximate surface area is 123 Å². The van der Waals surface area contributed by atoms with Crippen molar-refractivity contribution < 1.29 is 18.3 Å². The first-order valence-corrected chi connectivity index (χ1v) is 6.47. The minimum Gasteiger partial charge on any atom is -0.467 e. The molecule has 0 saturated carbocycles. The second kappa shape index (κ2) is 6.65. The third-order valence-electron chi connectivity index (χ3n) is 2.98. The number of benzene rings is 1. The Balaban J connectivity index is 3.01. The topological polar surface area (TPSA) is 41.9 Å². The quantitative estimate of drug-likeness (QED) is 0.487. The van der Waals surface area contributed by atoms with E-state index in [1.165, 1.54) is 30.5 Å². The Hall–Kier alpha value is -1.98. The Kier molecular flexibility index (Phi) is 5.41. The summed E-state index contributed by atoms with van der Waals surface area (Å²) in [6.07, 6.45) is 1.18. The summed E-state index contributed by atoms with van der Waals surface area (Å²) in [6.45, 7) is 5.59. The second-order valence-corrected chi connectivity index (χ2v) is 5.75. The molecule has 0 amide bonds. The normalized spacial score (nSPS) is 13.3. The van der Waals surface area contributed by atoms with Crippen molar-refractivity contribution in [3.8, 4) is 0 Å². The number of nitrogens with zero attached hydrogens (tertiary/aromatic N) is 2. The first kappa shape index (κ1) is 17.1.